The Balaban J connectivity index is 1.79. The summed E-state index contributed by atoms with van der Waals surface area (Å²) in [6.07, 6.45) is 2.41. The fourth-order valence-electron chi connectivity index (χ4n) is 2.17. The average molecular weight is 335 g/mol. The van der Waals surface area contributed by atoms with Crippen molar-refractivity contribution < 1.29 is 14.0 Å². The number of benzene rings is 1. The van der Waals surface area contributed by atoms with Gasteiger partial charge in [0.2, 0.25) is 5.91 Å². The van der Waals surface area contributed by atoms with Crippen molar-refractivity contribution in [2.75, 3.05) is 6.54 Å². The Labute approximate surface area is 140 Å². The number of amides is 2. The Kier molecular flexibility index (Phi) is 6.23. The van der Waals surface area contributed by atoms with Crippen molar-refractivity contribution in [3.05, 3.63) is 59.0 Å². The summed E-state index contributed by atoms with van der Waals surface area (Å²) in [6.45, 7) is 2.25. The highest BCUT2D eigenvalue weighted by Crippen LogP contribution is 2.19. The molecule has 0 saturated carbocycles. The minimum Gasteiger partial charge on any atom is -0.459 e. The van der Waals surface area contributed by atoms with Crippen LogP contribution in [-0.4, -0.2) is 18.4 Å². The molecule has 2 N–H and O–H groups in total. The zero-order chi connectivity index (χ0) is 16.7. The average Bonchev–Trinajstić information content (AvgIpc) is 3.08. The molecule has 23 heavy (non-hydrogen) atoms. The Morgan fingerprint density at radius 3 is 2.57 bits per heavy atom. The van der Waals surface area contributed by atoms with Gasteiger partial charge in [-0.2, -0.15) is 0 Å². The molecule has 1 aromatic carbocycles. The second-order valence-electron chi connectivity index (χ2n) is 5.06. The van der Waals surface area contributed by atoms with Gasteiger partial charge in [0.15, 0.2) is 5.76 Å². The Morgan fingerprint density at radius 1 is 1.22 bits per heavy atom. The monoisotopic (exact) mass is 334 g/mol. The molecule has 2 amide bonds. The van der Waals surface area contributed by atoms with Crippen LogP contribution in [0.4, 0.5) is 0 Å². The molecule has 0 unspecified atom stereocenters. The van der Waals surface area contributed by atoms with E-state index in [1.807, 2.05) is 19.1 Å². The van der Waals surface area contributed by atoms with Crippen LogP contribution in [0.5, 0.6) is 0 Å². The van der Waals surface area contributed by atoms with E-state index in [0.29, 0.717) is 5.02 Å². The predicted octanol–water partition coefficient (Wildman–Crippen LogP) is 3.32. The van der Waals surface area contributed by atoms with Crippen molar-refractivity contribution in [1.82, 2.24) is 10.6 Å². The molecule has 122 valence electrons. The van der Waals surface area contributed by atoms with Crippen LogP contribution in [-0.2, 0) is 4.79 Å². The van der Waals surface area contributed by atoms with Crippen molar-refractivity contribution in [3.63, 3.8) is 0 Å². The molecular formula is C17H19ClN2O3. The third kappa shape index (κ3) is 5.14. The largest absolute Gasteiger partial charge is 0.459 e. The predicted molar refractivity (Wildman–Crippen MR) is 88.3 cm³/mol. The third-order valence-corrected chi connectivity index (χ3v) is 3.65. The first-order chi connectivity index (χ1) is 11.1. The first kappa shape index (κ1) is 17.1. The molecule has 0 fully saturated rings. The number of nitrogens with one attached hydrogen (secondary N) is 2. The van der Waals surface area contributed by atoms with Crippen molar-refractivity contribution >= 4 is 23.4 Å². The maximum Gasteiger partial charge on any atom is 0.286 e. The van der Waals surface area contributed by atoms with Crippen LogP contribution in [0.2, 0.25) is 5.02 Å². The minimum atomic E-state index is -0.326. The van der Waals surface area contributed by atoms with E-state index in [2.05, 4.69) is 10.6 Å². The maximum atomic E-state index is 12.0. The molecule has 0 saturated heterocycles. The quantitative estimate of drug-likeness (QED) is 0.816. The van der Waals surface area contributed by atoms with Crippen molar-refractivity contribution in [2.24, 2.45) is 0 Å². The summed E-state index contributed by atoms with van der Waals surface area (Å²) in [6, 6.07) is 10.5. The third-order valence-electron chi connectivity index (χ3n) is 3.40. The highest BCUT2D eigenvalue weighted by Gasteiger charge is 2.13. The van der Waals surface area contributed by atoms with E-state index in [1.54, 1.807) is 24.3 Å². The van der Waals surface area contributed by atoms with Gasteiger partial charge in [0.1, 0.15) is 0 Å². The van der Waals surface area contributed by atoms with Crippen LogP contribution < -0.4 is 10.6 Å². The smallest absolute Gasteiger partial charge is 0.286 e. The van der Waals surface area contributed by atoms with E-state index in [1.165, 1.54) is 6.26 Å². The highest BCUT2D eigenvalue weighted by molar-refractivity contribution is 6.30. The summed E-state index contributed by atoms with van der Waals surface area (Å²) in [5, 5.41) is 6.26. The second kappa shape index (κ2) is 8.39. The van der Waals surface area contributed by atoms with Gasteiger partial charge in [-0.25, -0.2) is 0 Å². The van der Waals surface area contributed by atoms with E-state index < -0.39 is 0 Å². The lowest BCUT2D eigenvalue weighted by Crippen LogP contribution is -2.32. The summed E-state index contributed by atoms with van der Waals surface area (Å²) in [5.41, 5.74) is 1.00. The molecule has 1 heterocycles. The number of carbonyl (C=O) groups excluding carboxylic acids is 2. The van der Waals surface area contributed by atoms with Gasteiger partial charge in [0.05, 0.1) is 12.3 Å². The van der Waals surface area contributed by atoms with E-state index >= 15 is 0 Å². The molecule has 0 spiro atoms. The van der Waals surface area contributed by atoms with Gasteiger partial charge in [-0.1, -0.05) is 30.7 Å². The molecule has 5 nitrogen and oxygen atoms in total. The zero-order valence-electron chi connectivity index (χ0n) is 12.8. The zero-order valence-corrected chi connectivity index (χ0v) is 13.6. The highest BCUT2D eigenvalue weighted by atomic mass is 35.5. The Hall–Kier alpha value is -2.27. The van der Waals surface area contributed by atoms with Crippen LogP contribution in [0.15, 0.2) is 47.1 Å². The van der Waals surface area contributed by atoms with Crippen LogP contribution in [0, 0.1) is 0 Å². The SMILES string of the molecule is CC[C@@H](NC(=O)CCNC(=O)c1ccco1)c1ccc(Cl)cc1. The fourth-order valence-corrected chi connectivity index (χ4v) is 2.29. The molecule has 0 aliphatic carbocycles. The fraction of sp³-hybridized carbons (Fsp3) is 0.294. The molecule has 0 aliphatic heterocycles. The summed E-state index contributed by atoms with van der Waals surface area (Å²) in [4.78, 5) is 23.7. The molecule has 0 bridgehead atoms. The minimum absolute atomic E-state index is 0.0689. The Bertz CT molecular complexity index is 638. The van der Waals surface area contributed by atoms with Crippen molar-refractivity contribution in [1.29, 1.82) is 0 Å². The Morgan fingerprint density at radius 2 is 1.96 bits per heavy atom. The lowest BCUT2D eigenvalue weighted by Gasteiger charge is -2.17. The number of hydrogen-bond donors (Lipinski definition) is 2. The van der Waals surface area contributed by atoms with Crippen LogP contribution in [0.25, 0.3) is 0 Å². The normalized spacial score (nSPS) is 11.7. The van der Waals surface area contributed by atoms with Gasteiger partial charge < -0.3 is 15.1 Å². The van der Waals surface area contributed by atoms with E-state index in [0.717, 1.165) is 12.0 Å². The summed E-state index contributed by atoms with van der Waals surface area (Å²) < 4.78 is 4.98. The lowest BCUT2D eigenvalue weighted by atomic mass is 10.0. The summed E-state index contributed by atoms with van der Waals surface area (Å²) in [7, 11) is 0. The van der Waals surface area contributed by atoms with Crippen LogP contribution in [0.3, 0.4) is 0 Å². The molecule has 6 heteroatoms. The van der Waals surface area contributed by atoms with Gasteiger partial charge >= 0.3 is 0 Å². The first-order valence-corrected chi connectivity index (χ1v) is 7.84. The topological polar surface area (TPSA) is 71.3 Å². The number of halogens is 1. The molecule has 2 rings (SSSR count). The van der Waals surface area contributed by atoms with Gasteiger partial charge in [-0.05, 0) is 36.2 Å². The second-order valence-corrected chi connectivity index (χ2v) is 5.50. The van der Waals surface area contributed by atoms with E-state index in [9.17, 15) is 9.59 Å². The van der Waals surface area contributed by atoms with E-state index in [-0.39, 0.29) is 36.6 Å². The van der Waals surface area contributed by atoms with Gasteiger partial charge in [-0.3, -0.25) is 9.59 Å². The standard InChI is InChI=1S/C17H19ClN2O3/c1-2-14(12-5-7-13(18)8-6-12)20-16(21)9-10-19-17(22)15-4-3-11-23-15/h3-8,11,14H,2,9-10H2,1H3,(H,19,22)(H,20,21)/t14-/m1/s1. The number of hydrogen-bond acceptors (Lipinski definition) is 3. The summed E-state index contributed by atoms with van der Waals surface area (Å²) >= 11 is 5.87. The van der Waals surface area contributed by atoms with Crippen LogP contribution in [0.1, 0.15) is 41.9 Å². The molecule has 0 aliphatic rings. The van der Waals surface area contributed by atoms with Crippen molar-refractivity contribution in [3.8, 4) is 0 Å². The molecule has 1 atom stereocenters. The summed E-state index contributed by atoms with van der Waals surface area (Å²) in [5.74, 6) is -0.211. The van der Waals surface area contributed by atoms with Gasteiger partial charge in [-0.15, -0.1) is 0 Å². The molecule has 1 aromatic heterocycles. The molecule has 0 radical (unpaired) electrons. The number of rotatable bonds is 7. The molecule has 2 aromatic rings. The number of carbonyl (C=O) groups is 2. The van der Waals surface area contributed by atoms with Crippen LogP contribution >= 0.6 is 11.6 Å². The molecular weight excluding hydrogens is 316 g/mol. The maximum absolute atomic E-state index is 12.0. The number of furan rings is 1. The van der Waals surface area contributed by atoms with Gasteiger partial charge in [0.25, 0.3) is 5.91 Å². The first-order valence-electron chi connectivity index (χ1n) is 7.46. The van der Waals surface area contributed by atoms with Gasteiger partial charge in [0, 0.05) is 18.0 Å². The van der Waals surface area contributed by atoms with E-state index in [4.69, 9.17) is 16.0 Å². The lowest BCUT2D eigenvalue weighted by molar-refractivity contribution is -0.121. The van der Waals surface area contributed by atoms with Crippen molar-refractivity contribution in [2.45, 2.75) is 25.8 Å².